The van der Waals surface area contributed by atoms with Crippen LogP contribution < -0.4 is 28.4 Å². The number of esters is 2. The SMILES string of the molecule is COc1cc(C(=O)OC2CCCOc3cc(cc(OC)c3OC)C(=O)OCCCN3CCN(CC2)CC(C)(F)C3)cc(OC)c1OC. The van der Waals surface area contributed by atoms with Crippen molar-refractivity contribution in [3.05, 3.63) is 35.4 Å². The van der Waals surface area contributed by atoms with E-state index < -0.39 is 23.7 Å². The third kappa shape index (κ3) is 9.54. The van der Waals surface area contributed by atoms with E-state index in [4.69, 9.17) is 37.9 Å². The molecule has 0 amide bonds. The summed E-state index contributed by atoms with van der Waals surface area (Å²) < 4.78 is 60.6. The highest BCUT2D eigenvalue weighted by molar-refractivity contribution is 5.92. The monoisotopic (exact) mass is 662 g/mol. The lowest BCUT2D eigenvalue weighted by atomic mass is 10.1. The Hall–Kier alpha value is -3.97. The summed E-state index contributed by atoms with van der Waals surface area (Å²) in [6.45, 7) is 4.99. The number of carbonyl (C=O) groups is 2. The van der Waals surface area contributed by atoms with Crippen LogP contribution in [0.15, 0.2) is 24.3 Å². The predicted octanol–water partition coefficient (Wildman–Crippen LogP) is 4.41. The molecule has 260 valence electrons. The Morgan fingerprint density at radius 3 is 1.98 bits per heavy atom. The average Bonchev–Trinajstić information content (AvgIpc) is 3.21. The summed E-state index contributed by atoms with van der Waals surface area (Å²) in [4.78, 5) is 30.6. The number of carbonyl (C=O) groups excluding carboxylic acids is 2. The second-order valence-electron chi connectivity index (χ2n) is 11.9. The number of hydrogen-bond donors (Lipinski definition) is 0. The van der Waals surface area contributed by atoms with Crippen molar-refractivity contribution in [2.24, 2.45) is 0 Å². The van der Waals surface area contributed by atoms with Gasteiger partial charge in [0.1, 0.15) is 11.8 Å². The molecule has 2 aromatic rings. The summed E-state index contributed by atoms with van der Waals surface area (Å²) in [6.07, 6.45) is 1.50. The molecule has 0 aliphatic carbocycles. The fourth-order valence-electron chi connectivity index (χ4n) is 6.00. The number of rotatable bonds is 7. The number of benzene rings is 2. The van der Waals surface area contributed by atoms with Gasteiger partial charge in [-0.25, -0.2) is 14.0 Å². The van der Waals surface area contributed by atoms with Gasteiger partial charge in [-0.3, -0.25) is 9.80 Å². The minimum absolute atomic E-state index is 0.186. The quantitative estimate of drug-likeness (QED) is 0.392. The number of ether oxygens (including phenoxy) is 8. The van der Waals surface area contributed by atoms with E-state index in [0.717, 1.165) is 0 Å². The normalized spacial score (nSPS) is 24.2. The molecule has 4 atom stereocenters. The number of nitrogens with zero attached hydrogens (tertiary/aromatic N) is 2. The highest BCUT2D eigenvalue weighted by Crippen LogP contribution is 2.40. The number of cyclic esters (lactones) is 1. The van der Waals surface area contributed by atoms with Gasteiger partial charge in [0.15, 0.2) is 23.0 Å². The largest absolute Gasteiger partial charge is 0.493 e. The van der Waals surface area contributed by atoms with E-state index in [9.17, 15) is 9.59 Å². The molecule has 2 aromatic carbocycles. The summed E-state index contributed by atoms with van der Waals surface area (Å²) in [5.41, 5.74) is -0.941. The molecule has 0 saturated carbocycles. The van der Waals surface area contributed by atoms with Crippen LogP contribution in [0.1, 0.15) is 53.3 Å². The minimum Gasteiger partial charge on any atom is -0.493 e. The summed E-state index contributed by atoms with van der Waals surface area (Å²) in [7, 11) is 7.41. The van der Waals surface area contributed by atoms with Crippen LogP contribution in [0, 0.1) is 0 Å². The van der Waals surface area contributed by atoms with Crippen LogP contribution in [0.4, 0.5) is 4.39 Å². The zero-order valence-electron chi connectivity index (χ0n) is 28.2. The van der Waals surface area contributed by atoms with E-state index in [1.807, 2.05) is 0 Å². The van der Waals surface area contributed by atoms with Gasteiger partial charge in [0.2, 0.25) is 11.5 Å². The van der Waals surface area contributed by atoms with Crippen LogP contribution in [0.3, 0.4) is 0 Å². The van der Waals surface area contributed by atoms with Crippen molar-refractivity contribution in [2.45, 2.75) is 44.4 Å². The maximum atomic E-state index is 15.7. The third-order valence-corrected chi connectivity index (χ3v) is 8.24. The van der Waals surface area contributed by atoms with Crippen LogP contribution in [-0.4, -0.2) is 122 Å². The maximum Gasteiger partial charge on any atom is 0.338 e. The van der Waals surface area contributed by atoms with E-state index in [2.05, 4.69) is 9.80 Å². The molecule has 4 bridgehead atoms. The van der Waals surface area contributed by atoms with Crippen molar-refractivity contribution in [1.82, 2.24) is 9.80 Å². The van der Waals surface area contributed by atoms with E-state index in [1.54, 1.807) is 31.2 Å². The van der Waals surface area contributed by atoms with Gasteiger partial charge in [0.25, 0.3) is 0 Å². The Morgan fingerprint density at radius 2 is 1.36 bits per heavy atom. The fraction of sp³-hybridized carbons (Fsp3) is 0.588. The van der Waals surface area contributed by atoms with Crippen LogP contribution in [-0.2, 0) is 9.47 Å². The molecule has 13 heteroatoms. The zero-order valence-corrected chi connectivity index (χ0v) is 28.2. The fourth-order valence-corrected chi connectivity index (χ4v) is 6.00. The maximum absolute atomic E-state index is 15.7. The summed E-state index contributed by atoms with van der Waals surface area (Å²) in [6, 6.07) is 6.21. The molecule has 0 aromatic heterocycles. The molecular formula is C34H47FN2O10. The first kappa shape index (κ1) is 35.9. The van der Waals surface area contributed by atoms with Gasteiger partial charge >= 0.3 is 11.9 Å². The molecule has 2 aliphatic heterocycles. The molecule has 1 saturated heterocycles. The van der Waals surface area contributed by atoms with Crippen molar-refractivity contribution in [3.8, 4) is 34.5 Å². The Bertz CT molecular complexity index is 1350. The predicted molar refractivity (Wildman–Crippen MR) is 171 cm³/mol. The first-order chi connectivity index (χ1) is 22.6. The minimum atomic E-state index is -1.44. The van der Waals surface area contributed by atoms with E-state index >= 15 is 4.39 Å². The van der Waals surface area contributed by atoms with Crippen LogP contribution in [0.2, 0.25) is 0 Å². The molecule has 0 N–H and O–H groups in total. The first-order valence-corrected chi connectivity index (χ1v) is 15.8. The Morgan fingerprint density at radius 1 is 0.766 bits per heavy atom. The van der Waals surface area contributed by atoms with Crippen molar-refractivity contribution in [3.63, 3.8) is 0 Å². The first-order valence-electron chi connectivity index (χ1n) is 15.8. The number of methoxy groups -OCH3 is 5. The Kier molecular flexibility index (Phi) is 12.8. The highest BCUT2D eigenvalue weighted by atomic mass is 19.1. The number of halogens is 1. The zero-order chi connectivity index (χ0) is 34.0. The molecular weight excluding hydrogens is 615 g/mol. The Balaban J connectivity index is 1.59. The van der Waals surface area contributed by atoms with Crippen molar-refractivity contribution in [2.75, 3.05) is 88.0 Å². The number of alkyl halides is 1. The second-order valence-corrected chi connectivity index (χ2v) is 11.9. The molecule has 0 spiro atoms. The lowest BCUT2D eigenvalue weighted by Crippen LogP contribution is -2.41. The highest BCUT2D eigenvalue weighted by Gasteiger charge is 2.33. The van der Waals surface area contributed by atoms with E-state index in [1.165, 1.54) is 35.5 Å². The van der Waals surface area contributed by atoms with Gasteiger partial charge in [0.05, 0.1) is 59.9 Å². The number of fused-ring (bicyclic) bond motifs is 5. The molecule has 4 rings (SSSR count). The average molecular weight is 663 g/mol. The molecule has 0 radical (unpaired) electrons. The molecule has 4 unspecified atom stereocenters. The molecule has 1 fully saturated rings. The standard InChI is InChI=1S/C34H47FN2O10/c1-34(35)21-36-11-8-16-46-32(38)23-17-28(42-4)31(44-6)29(20-23)45-15-7-9-25(10-12-37(22-34)14-13-36)47-33(39)24-18-26(40-2)30(43-5)27(19-24)41-3/h17-20,25H,7-16,21-22H2,1-6H3. The topological polar surface area (TPSA) is 114 Å². The van der Waals surface area contributed by atoms with Gasteiger partial charge in [-0.1, -0.05) is 0 Å². The lowest BCUT2D eigenvalue weighted by molar-refractivity contribution is 0.0205. The molecule has 2 heterocycles. The number of hydrogen-bond acceptors (Lipinski definition) is 12. The van der Waals surface area contributed by atoms with E-state index in [-0.39, 0.29) is 37.4 Å². The third-order valence-electron chi connectivity index (χ3n) is 8.24. The van der Waals surface area contributed by atoms with Gasteiger partial charge in [-0.2, -0.15) is 0 Å². The summed E-state index contributed by atoms with van der Waals surface area (Å²) in [5, 5.41) is 0. The van der Waals surface area contributed by atoms with Crippen LogP contribution in [0.25, 0.3) is 0 Å². The summed E-state index contributed by atoms with van der Waals surface area (Å²) in [5.74, 6) is 0.965. The Labute approximate surface area is 275 Å². The second kappa shape index (κ2) is 16.7. The summed E-state index contributed by atoms with van der Waals surface area (Å²) >= 11 is 0. The van der Waals surface area contributed by atoms with E-state index in [0.29, 0.717) is 86.4 Å². The molecule has 12 nitrogen and oxygen atoms in total. The van der Waals surface area contributed by atoms with Gasteiger partial charge in [-0.15, -0.1) is 0 Å². The van der Waals surface area contributed by atoms with Gasteiger partial charge in [0, 0.05) is 39.3 Å². The van der Waals surface area contributed by atoms with Gasteiger partial charge in [-0.05, 0) is 56.9 Å². The van der Waals surface area contributed by atoms with Gasteiger partial charge < -0.3 is 37.9 Å². The van der Waals surface area contributed by atoms with Crippen molar-refractivity contribution in [1.29, 1.82) is 0 Å². The van der Waals surface area contributed by atoms with Crippen molar-refractivity contribution >= 4 is 11.9 Å². The molecule has 47 heavy (non-hydrogen) atoms. The lowest BCUT2D eigenvalue weighted by Gasteiger charge is -2.28. The van der Waals surface area contributed by atoms with Crippen LogP contribution >= 0.6 is 0 Å². The molecule has 2 aliphatic rings. The van der Waals surface area contributed by atoms with Crippen LogP contribution in [0.5, 0.6) is 34.5 Å². The smallest absolute Gasteiger partial charge is 0.338 e. The van der Waals surface area contributed by atoms with Crippen molar-refractivity contribution < 1.29 is 51.9 Å².